The van der Waals surface area contributed by atoms with Crippen molar-refractivity contribution < 1.29 is 17.3 Å². The van der Waals surface area contributed by atoms with Crippen LogP contribution in [0.2, 0.25) is 0 Å². The average Bonchev–Trinajstić information content (AvgIpc) is 3.33. The number of ether oxygens (including phenoxy) is 1. The molecule has 1 aliphatic rings. The lowest BCUT2D eigenvalue weighted by molar-refractivity contribution is 0.256. The third-order valence-corrected chi connectivity index (χ3v) is 5.44. The van der Waals surface area contributed by atoms with Crippen molar-refractivity contribution in [2.75, 3.05) is 19.0 Å². The van der Waals surface area contributed by atoms with Gasteiger partial charge in [0.15, 0.2) is 17.0 Å². The summed E-state index contributed by atoms with van der Waals surface area (Å²) in [6.45, 7) is 0.0958. The smallest absolute Gasteiger partial charge is 0.333 e. The number of nitrogens with two attached hydrogens (primary N) is 1. The van der Waals surface area contributed by atoms with E-state index in [4.69, 9.17) is 14.1 Å². The number of aromatic nitrogens is 4. The first-order valence-electron chi connectivity index (χ1n) is 9.20. The maximum Gasteiger partial charge on any atom is 0.333 e. The van der Waals surface area contributed by atoms with Crippen molar-refractivity contribution in [2.24, 2.45) is 11.1 Å². The molecule has 2 heterocycles. The Hall–Kier alpha value is -2.76. The molecule has 4 rings (SSSR count). The van der Waals surface area contributed by atoms with Gasteiger partial charge in [-0.2, -0.15) is 8.42 Å². The number of aromatic amines is 1. The first kappa shape index (κ1) is 19.6. The molecule has 2 aromatic heterocycles. The molecule has 1 saturated carbocycles. The maximum absolute atomic E-state index is 11.0. The number of H-pyrrole nitrogens is 1. The molecule has 0 aliphatic heterocycles. The Morgan fingerprint density at radius 3 is 2.97 bits per heavy atom. The maximum atomic E-state index is 11.0. The molecule has 154 valence electrons. The molecule has 4 N–H and O–H groups in total. The highest BCUT2D eigenvalue weighted by Crippen LogP contribution is 2.30. The number of methoxy groups -OCH3 is 1. The van der Waals surface area contributed by atoms with Crippen LogP contribution in [0.3, 0.4) is 0 Å². The van der Waals surface area contributed by atoms with E-state index < -0.39 is 10.3 Å². The van der Waals surface area contributed by atoms with Gasteiger partial charge in [0.1, 0.15) is 17.9 Å². The number of nitrogens with zero attached hydrogens (tertiary/aromatic N) is 3. The molecule has 0 spiro atoms. The van der Waals surface area contributed by atoms with Gasteiger partial charge in [0.25, 0.3) is 0 Å². The molecule has 0 bridgehead atoms. The van der Waals surface area contributed by atoms with Crippen LogP contribution in [0.15, 0.2) is 30.6 Å². The number of hydrogen-bond acceptors (Lipinski definition) is 8. The third-order valence-electron chi connectivity index (χ3n) is 4.98. The highest BCUT2D eigenvalue weighted by atomic mass is 32.2. The molecular weight excluding hydrogens is 396 g/mol. The highest BCUT2D eigenvalue weighted by Gasteiger charge is 2.27. The molecule has 11 heteroatoms. The minimum Gasteiger partial charge on any atom is -0.497 e. The monoisotopic (exact) mass is 418 g/mol. The highest BCUT2D eigenvalue weighted by molar-refractivity contribution is 7.84. The number of hydrogen-bond donors (Lipinski definition) is 3. The standard InChI is InChI=1S/C18H22N6O4S/c1-27-14-4-2-3-12(8-14)16-23-15-17(20-10-21-18(15)24-16)22-13-6-5-11(7-13)9-28-29(19,25)26/h2-4,8,10-11,13H,5-7,9H2,1H3,(H2,19,25,26)(H2,20,21,22,23,24)/t11-,13-/m0/s1. The van der Waals surface area contributed by atoms with Crippen molar-refractivity contribution in [1.29, 1.82) is 0 Å². The molecule has 3 aromatic rings. The Morgan fingerprint density at radius 2 is 2.17 bits per heavy atom. The van der Waals surface area contributed by atoms with Crippen molar-refractivity contribution in [2.45, 2.75) is 25.3 Å². The second-order valence-electron chi connectivity index (χ2n) is 7.03. The summed E-state index contributed by atoms with van der Waals surface area (Å²) in [5, 5.41) is 8.30. The molecular formula is C18H22N6O4S. The van der Waals surface area contributed by atoms with Crippen LogP contribution < -0.4 is 15.2 Å². The topological polar surface area (TPSA) is 145 Å². The minimum absolute atomic E-state index is 0.0958. The molecule has 29 heavy (non-hydrogen) atoms. The van der Waals surface area contributed by atoms with E-state index in [1.807, 2.05) is 24.3 Å². The lowest BCUT2D eigenvalue weighted by Gasteiger charge is -2.13. The zero-order chi connectivity index (χ0) is 20.4. The number of anilines is 1. The van der Waals surface area contributed by atoms with Crippen molar-refractivity contribution in [3.63, 3.8) is 0 Å². The van der Waals surface area contributed by atoms with E-state index in [1.54, 1.807) is 7.11 Å². The SMILES string of the molecule is COc1cccc(-c2nc3c(N[C@H]4CC[C@H](COS(N)(=O)=O)C4)ncnc3[nH]2)c1. The molecule has 0 amide bonds. The number of rotatable bonds is 7. The summed E-state index contributed by atoms with van der Waals surface area (Å²) >= 11 is 0. The first-order chi connectivity index (χ1) is 13.9. The largest absolute Gasteiger partial charge is 0.497 e. The van der Waals surface area contributed by atoms with E-state index >= 15 is 0 Å². The molecule has 2 atom stereocenters. The fourth-order valence-electron chi connectivity index (χ4n) is 3.58. The van der Waals surface area contributed by atoms with Crippen molar-refractivity contribution >= 4 is 27.3 Å². The molecule has 1 aromatic carbocycles. The van der Waals surface area contributed by atoms with Gasteiger partial charge in [0, 0.05) is 11.6 Å². The minimum atomic E-state index is -3.91. The first-order valence-corrected chi connectivity index (χ1v) is 10.7. The Balaban J connectivity index is 1.51. The van der Waals surface area contributed by atoms with Crippen LogP contribution in [0.25, 0.3) is 22.6 Å². The van der Waals surface area contributed by atoms with Gasteiger partial charge in [0.05, 0.1) is 13.7 Å². The van der Waals surface area contributed by atoms with E-state index in [1.165, 1.54) is 6.33 Å². The molecule has 0 unspecified atom stereocenters. The quantitative estimate of drug-likeness (QED) is 0.527. The Labute approximate surface area is 168 Å². The van der Waals surface area contributed by atoms with E-state index in [2.05, 4.69) is 25.3 Å². The van der Waals surface area contributed by atoms with Gasteiger partial charge in [-0.3, -0.25) is 4.18 Å². The Kier molecular flexibility index (Phi) is 5.35. The lowest BCUT2D eigenvalue weighted by Crippen LogP contribution is -2.21. The van der Waals surface area contributed by atoms with Gasteiger partial charge in [-0.25, -0.2) is 20.1 Å². The third kappa shape index (κ3) is 4.63. The summed E-state index contributed by atoms with van der Waals surface area (Å²) in [6.07, 6.45) is 3.96. The summed E-state index contributed by atoms with van der Waals surface area (Å²) in [7, 11) is -2.29. The number of fused-ring (bicyclic) bond motifs is 1. The normalized spacial score (nSPS) is 19.5. The van der Waals surface area contributed by atoms with E-state index in [0.717, 1.165) is 30.6 Å². The van der Waals surface area contributed by atoms with Crippen molar-refractivity contribution in [3.05, 3.63) is 30.6 Å². The summed E-state index contributed by atoms with van der Waals surface area (Å²) in [6, 6.07) is 7.74. The van der Waals surface area contributed by atoms with Crippen LogP contribution in [0.1, 0.15) is 19.3 Å². The summed E-state index contributed by atoms with van der Waals surface area (Å²) in [4.78, 5) is 16.5. The predicted molar refractivity (Wildman–Crippen MR) is 107 cm³/mol. The second kappa shape index (κ2) is 7.93. The van der Waals surface area contributed by atoms with Crippen LogP contribution in [0.5, 0.6) is 5.75 Å². The second-order valence-corrected chi connectivity index (χ2v) is 8.26. The zero-order valence-corrected chi connectivity index (χ0v) is 16.6. The summed E-state index contributed by atoms with van der Waals surface area (Å²) in [5.74, 6) is 2.17. The number of benzene rings is 1. The van der Waals surface area contributed by atoms with Crippen LogP contribution in [-0.4, -0.2) is 48.1 Å². The van der Waals surface area contributed by atoms with Gasteiger partial charge in [-0.15, -0.1) is 0 Å². The number of imidazole rings is 1. The summed E-state index contributed by atoms with van der Waals surface area (Å²) in [5.41, 5.74) is 2.16. The van der Waals surface area contributed by atoms with Crippen LogP contribution in [0, 0.1) is 5.92 Å². The van der Waals surface area contributed by atoms with Gasteiger partial charge in [0.2, 0.25) is 0 Å². The van der Waals surface area contributed by atoms with Gasteiger partial charge in [-0.05, 0) is 37.3 Å². The number of nitrogens with one attached hydrogen (secondary N) is 2. The Morgan fingerprint density at radius 1 is 1.31 bits per heavy atom. The lowest BCUT2D eigenvalue weighted by atomic mass is 10.1. The molecule has 10 nitrogen and oxygen atoms in total. The van der Waals surface area contributed by atoms with Gasteiger partial charge in [-0.1, -0.05) is 12.1 Å². The van der Waals surface area contributed by atoms with E-state index in [0.29, 0.717) is 22.8 Å². The molecule has 0 radical (unpaired) electrons. The predicted octanol–water partition coefficient (Wildman–Crippen LogP) is 1.83. The van der Waals surface area contributed by atoms with Crippen molar-refractivity contribution in [1.82, 2.24) is 19.9 Å². The molecule has 1 aliphatic carbocycles. The van der Waals surface area contributed by atoms with Gasteiger partial charge >= 0.3 is 10.3 Å². The Bertz CT molecular complexity index is 1120. The van der Waals surface area contributed by atoms with Crippen LogP contribution in [0.4, 0.5) is 5.82 Å². The van der Waals surface area contributed by atoms with Crippen molar-refractivity contribution in [3.8, 4) is 17.1 Å². The fraction of sp³-hybridized carbons (Fsp3) is 0.389. The molecule has 0 saturated heterocycles. The molecule has 1 fully saturated rings. The van der Waals surface area contributed by atoms with E-state index in [9.17, 15) is 8.42 Å². The zero-order valence-electron chi connectivity index (χ0n) is 15.8. The van der Waals surface area contributed by atoms with Gasteiger partial charge < -0.3 is 15.0 Å². The van der Waals surface area contributed by atoms with Crippen LogP contribution >= 0.6 is 0 Å². The van der Waals surface area contributed by atoms with Crippen LogP contribution in [-0.2, 0) is 14.5 Å². The fourth-order valence-corrected chi connectivity index (χ4v) is 3.96. The average molecular weight is 418 g/mol. The summed E-state index contributed by atoms with van der Waals surface area (Å²) < 4.78 is 31.9. The van der Waals surface area contributed by atoms with E-state index in [-0.39, 0.29) is 18.6 Å².